The first-order valence-corrected chi connectivity index (χ1v) is 9.76. The maximum Gasteiger partial charge on any atom is 0.159 e. The molecule has 4 heteroatoms. The molecule has 3 aromatic rings. The zero-order valence-electron chi connectivity index (χ0n) is 16.0. The smallest absolute Gasteiger partial charge is 0.159 e. The molecule has 1 aliphatic carbocycles. The van der Waals surface area contributed by atoms with Crippen LogP contribution in [0.4, 0.5) is 17.6 Å². The molecule has 148 valence electrons. The summed E-state index contributed by atoms with van der Waals surface area (Å²) >= 11 is 0. The Hall–Kier alpha value is -2.80. The fourth-order valence-corrected chi connectivity index (χ4v) is 4.13. The topological polar surface area (TPSA) is 0 Å². The van der Waals surface area contributed by atoms with Gasteiger partial charge in [-0.25, -0.2) is 17.6 Å². The van der Waals surface area contributed by atoms with Crippen molar-refractivity contribution in [2.75, 3.05) is 0 Å². The summed E-state index contributed by atoms with van der Waals surface area (Å²) in [7, 11) is 0. The van der Waals surface area contributed by atoms with E-state index in [1.807, 2.05) is 0 Å². The van der Waals surface area contributed by atoms with Gasteiger partial charge in [0.15, 0.2) is 11.6 Å². The van der Waals surface area contributed by atoms with E-state index in [0.717, 1.165) is 18.4 Å². The second-order valence-corrected chi connectivity index (χ2v) is 7.79. The minimum absolute atomic E-state index is 0.118. The summed E-state index contributed by atoms with van der Waals surface area (Å²) in [4.78, 5) is 0. The number of hydrogen-bond acceptors (Lipinski definition) is 0. The van der Waals surface area contributed by atoms with E-state index < -0.39 is 23.3 Å². The summed E-state index contributed by atoms with van der Waals surface area (Å²) < 4.78 is 55.2. The van der Waals surface area contributed by atoms with Crippen LogP contribution in [0.2, 0.25) is 0 Å². The lowest BCUT2D eigenvalue weighted by Crippen LogP contribution is -2.14. The van der Waals surface area contributed by atoms with Gasteiger partial charge in [0, 0.05) is 17.0 Å². The highest BCUT2D eigenvalue weighted by molar-refractivity contribution is 5.84. The van der Waals surface area contributed by atoms with Gasteiger partial charge in [0.25, 0.3) is 0 Å². The van der Waals surface area contributed by atoms with Crippen LogP contribution in [0.5, 0.6) is 0 Å². The summed E-state index contributed by atoms with van der Waals surface area (Å²) in [5.74, 6) is 3.72. The number of rotatable bonds is 1. The Balaban J connectivity index is 1.46. The third-order valence-electron chi connectivity index (χ3n) is 5.66. The molecule has 29 heavy (non-hydrogen) atoms. The summed E-state index contributed by atoms with van der Waals surface area (Å²) in [5, 5.41) is 1.22. The Bertz CT molecular complexity index is 1110. The van der Waals surface area contributed by atoms with Crippen molar-refractivity contribution in [2.45, 2.75) is 38.5 Å². The first-order chi connectivity index (χ1) is 13.9. The number of hydrogen-bond donors (Lipinski definition) is 0. The van der Waals surface area contributed by atoms with E-state index >= 15 is 0 Å². The Morgan fingerprint density at radius 2 is 1.34 bits per heavy atom. The van der Waals surface area contributed by atoms with Gasteiger partial charge in [0.1, 0.15) is 11.6 Å². The molecule has 0 atom stereocenters. The summed E-state index contributed by atoms with van der Waals surface area (Å²) in [5.41, 5.74) is 1.52. The molecule has 0 nitrogen and oxygen atoms in total. The molecule has 0 bridgehead atoms. The van der Waals surface area contributed by atoms with Crippen LogP contribution in [0.25, 0.3) is 10.8 Å². The lowest BCUT2D eigenvalue weighted by Gasteiger charge is -2.26. The molecule has 1 fully saturated rings. The van der Waals surface area contributed by atoms with Crippen LogP contribution in [0.3, 0.4) is 0 Å². The Labute approximate surface area is 167 Å². The normalized spacial score (nSPS) is 19.1. The predicted molar refractivity (Wildman–Crippen MR) is 107 cm³/mol. The SMILES string of the molecule is Cc1cc(F)c(C2CCC(C#Cc3ccc4cc(F)c(F)cc4c3)CC2)c(F)c1. The molecule has 0 aromatic heterocycles. The quantitative estimate of drug-likeness (QED) is 0.306. The average molecular weight is 396 g/mol. The van der Waals surface area contributed by atoms with Gasteiger partial charge in [-0.05, 0) is 91.3 Å². The highest BCUT2D eigenvalue weighted by atomic mass is 19.2. The van der Waals surface area contributed by atoms with E-state index in [4.69, 9.17) is 0 Å². The summed E-state index contributed by atoms with van der Waals surface area (Å²) in [6, 6.07) is 10.4. The molecule has 0 heterocycles. The van der Waals surface area contributed by atoms with Crippen molar-refractivity contribution < 1.29 is 17.6 Å². The molecule has 0 N–H and O–H groups in total. The van der Waals surface area contributed by atoms with E-state index in [1.54, 1.807) is 25.1 Å². The summed E-state index contributed by atoms with van der Waals surface area (Å²) in [6.45, 7) is 1.68. The first-order valence-electron chi connectivity index (χ1n) is 9.76. The molecule has 1 aliphatic rings. The van der Waals surface area contributed by atoms with E-state index in [1.165, 1.54) is 24.3 Å². The van der Waals surface area contributed by atoms with Crippen LogP contribution >= 0.6 is 0 Å². The van der Waals surface area contributed by atoms with E-state index in [0.29, 0.717) is 29.2 Å². The molecular weight excluding hydrogens is 376 g/mol. The average Bonchev–Trinajstić information content (AvgIpc) is 2.67. The highest BCUT2D eigenvalue weighted by Gasteiger charge is 2.26. The lowest BCUT2D eigenvalue weighted by molar-refractivity contribution is 0.366. The Morgan fingerprint density at radius 1 is 0.724 bits per heavy atom. The number of halogens is 4. The minimum atomic E-state index is -0.878. The molecule has 0 amide bonds. The van der Waals surface area contributed by atoms with Crippen LogP contribution in [-0.4, -0.2) is 0 Å². The Kier molecular flexibility index (Phi) is 5.32. The van der Waals surface area contributed by atoms with Gasteiger partial charge in [-0.1, -0.05) is 17.9 Å². The fraction of sp³-hybridized carbons (Fsp3) is 0.280. The highest BCUT2D eigenvalue weighted by Crippen LogP contribution is 2.38. The van der Waals surface area contributed by atoms with Gasteiger partial charge in [-0.15, -0.1) is 0 Å². The molecule has 0 spiro atoms. The van der Waals surface area contributed by atoms with Gasteiger partial charge >= 0.3 is 0 Å². The predicted octanol–water partition coefficient (Wildman–Crippen LogP) is 7.03. The largest absolute Gasteiger partial charge is 0.207 e. The van der Waals surface area contributed by atoms with Crippen LogP contribution < -0.4 is 0 Å². The molecule has 0 unspecified atom stereocenters. The maximum absolute atomic E-state index is 14.2. The van der Waals surface area contributed by atoms with Gasteiger partial charge in [-0.2, -0.15) is 0 Å². The van der Waals surface area contributed by atoms with Gasteiger partial charge < -0.3 is 0 Å². The second-order valence-electron chi connectivity index (χ2n) is 7.79. The van der Waals surface area contributed by atoms with E-state index in [2.05, 4.69) is 11.8 Å². The third-order valence-corrected chi connectivity index (χ3v) is 5.66. The monoisotopic (exact) mass is 396 g/mol. The minimum Gasteiger partial charge on any atom is -0.207 e. The van der Waals surface area contributed by atoms with Crippen LogP contribution in [0, 0.1) is 48.0 Å². The lowest BCUT2D eigenvalue weighted by atomic mass is 9.78. The fourth-order valence-electron chi connectivity index (χ4n) is 4.13. The number of fused-ring (bicyclic) bond motifs is 1. The standard InChI is InChI=1S/C25H20F4/c1-15-10-23(28)25(24(29)11-15)18-7-4-16(5-8-18)2-3-17-6-9-19-13-21(26)22(27)14-20(19)12-17/h6,9-14,16,18H,4-5,7-8H2,1H3. The van der Waals surface area contributed by atoms with E-state index in [9.17, 15) is 17.6 Å². The number of aryl methyl sites for hydroxylation is 1. The zero-order valence-corrected chi connectivity index (χ0v) is 16.0. The van der Waals surface area contributed by atoms with Crippen molar-refractivity contribution in [2.24, 2.45) is 5.92 Å². The third kappa shape index (κ3) is 4.15. The molecule has 0 saturated heterocycles. The summed E-state index contributed by atoms with van der Waals surface area (Å²) in [6.07, 6.45) is 2.94. The second kappa shape index (κ2) is 7.91. The molecule has 4 rings (SSSR count). The van der Waals surface area contributed by atoms with Crippen molar-refractivity contribution in [1.29, 1.82) is 0 Å². The van der Waals surface area contributed by atoms with Crippen LogP contribution in [0.1, 0.15) is 48.3 Å². The molecule has 3 aromatic carbocycles. The molecular formula is C25H20F4. The molecule has 0 aliphatic heterocycles. The van der Waals surface area contributed by atoms with Gasteiger partial charge in [0.05, 0.1) is 0 Å². The van der Waals surface area contributed by atoms with E-state index in [-0.39, 0.29) is 17.4 Å². The Morgan fingerprint density at radius 3 is 2.00 bits per heavy atom. The number of benzene rings is 3. The van der Waals surface area contributed by atoms with Crippen molar-refractivity contribution in [1.82, 2.24) is 0 Å². The molecule has 1 saturated carbocycles. The van der Waals surface area contributed by atoms with Crippen molar-refractivity contribution in [3.8, 4) is 11.8 Å². The van der Waals surface area contributed by atoms with Crippen LogP contribution in [-0.2, 0) is 0 Å². The van der Waals surface area contributed by atoms with Crippen LogP contribution in [0.15, 0.2) is 42.5 Å². The molecule has 0 radical (unpaired) electrons. The van der Waals surface area contributed by atoms with Crippen molar-refractivity contribution in [3.05, 3.63) is 82.4 Å². The van der Waals surface area contributed by atoms with Gasteiger partial charge in [0.2, 0.25) is 0 Å². The van der Waals surface area contributed by atoms with Crippen molar-refractivity contribution >= 4 is 10.8 Å². The van der Waals surface area contributed by atoms with Crippen molar-refractivity contribution in [3.63, 3.8) is 0 Å². The first kappa shape index (κ1) is 19.5. The zero-order chi connectivity index (χ0) is 20.5. The van der Waals surface area contributed by atoms with Gasteiger partial charge in [-0.3, -0.25) is 0 Å². The maximum atomic E-state index is 14.2.